The molecule has 2 heterocycles. The number of rotatable bonds is 9. The second-order valence-electron chi connectivity index (χ2n) is 7.91. The Hall–Kier alpha value is -2.39. The molecule has 0 atom stereocenters. The molecule has 0 aliphatic rings. The molecule has 1 N–H and O–H groups in total. The number of aromatic nitrogens is 2. The van der Waals surface area contributed by atoms with Crippen molar-refractivity contribution in [3.8, 4) is 0 Å². The fourth-order valence-corrected chi connectivity index (χ4v) is 6.49. The number of benzene rings is 2. The van der Waals surface area contributed by atoms with Gasteiger partial charge in [0.1, 0.15) is 11.5 Å². The quantitative estimate of drug-likeness (QED) is 0.282. The van der Waals surface area contributed by atoms with Gasteiger partial charge >= 0.3 is 0 Å². The van der Waals surface area contributed by atoms with Crippen LogP contribution in [0.15, 0.2) is 53.9 Å². The number of carbonyl (C=O) groups excluding carboxylic acids is 1. The minimum atomic E-state index is -3.94. The number of halogens is 2. The molecule has 4 aromatic rings. The van der Waals surface area contributed by atoms with Gasteiger partial charge in [0.25, 0.3) is 5.91 Å². The summed E-state index contributed by atoms with van der Waals surface area (Å²) in [5.74, 6) is -0.496. The fraction of sp³-hybridized carbons (Fsp3) is 0.250. The molecule has 0 saturated carbocycles. The van der Waals surface area contributed by atoms with Crippen LogP contribution >= 0.6 is 34.5 Å². The van der Waals surface area contributed by atoms with Gasteiger partial charge in [-0.3, -0.25) is 4.79 Å². The number of nitrogens with zero attached hydrogens (tertiary/aromatic N) is 2. The molecule has 1 amide bonds. The Morgan fingerprint density at radius 1 is 1.12 bits per heavy atom. The standard InChI is InChI=1S/C24H23Cl2N3O3S2/c1-2-3-12-20-27-23(26)22(24(30)28-34(31,32)15-16-8-5-4-6-9-16)29(20)13-17-14-33-19-11-7-10-18(25)21(17)19/h4-11,14H,2-3,12-13,15H2,1H3,(H,28,30). The minimum Gasteiger partial charge on any atom is -0.318 e. The number of carbonyl (C=O) groups is 1. The van der Waals surface area contributed by atoms with E-state index in [1.54, 1.807) is 46.2 Å². The first-order valence-corrected chi connectivity index (χ1v) is 14.1. The van der Waals surface area contributed by atoms with Crippen molar-refractivity contribution in [1.82, 2.24) is 14.3 Å². The molecule has 0 spiro atoms. The second kappa shape index (κ2) is 10.5. The molecule has 2 aromatic carbocycles. The van der Waals surface area contributed by atoms with E-state index in [4.69, 9.17) is 23.2 Å². The Balaban J connectivity index is 1.69. The average molecular weight is 537 g/mol. The van der Waals surface area contributed by atoms with Crippen LogP contribution < -0.4 is 4.72 Å². The molecule has 0 saturated heterocycles. The Morgan fingerprint density at radius 2 is 1.88 bits per heavy atom. The van der Waals surface area contributed by atoms with E-state index in [1.807, 2.05) is 23.6 Å². The second-order valence-corrected chi connectivity index (χ2v) is 11.3. The van der Waals surface area contributed by atoms with Crippen molar-refractivity contribution in [3.05, 3.63) is 86.7 Å². The number of unbranched alkanes of at least 4 members (excludes halogenated alkanes) is 1. The van der Waals surface area contributed by atoms with E-state index < -0.39 is 15.9 Å². The highest BCUT2D eigenvalue weighted by Crippen LogP contribution is 2.33. The zero-order chi connectivity index (χ0) is 24.3. The zero-order valence-corrected chi connectivity index (χ0v) is 21.6. The molecule has 10 heteroatoms. The highest BCUT2D eigenvalue weighted by molar-refractivity contribution is 7.89. The third-order valence-electron chi connectivity index (χ3n) is 5.37. The van der Waals surface area contributed by atoms with Gasteiger partial charge in [-0.05, 0) is 35.1 Å². The van der Waals surface area contributed by atoms with Gasteiger partial charge in [-0.2, -0.15) is 0 Å². The summed E-state index contributed by atoms with van der Waals surface area (Å²) in [7, 11) is -3.94. The van der Waals surface area contributed by atoms with Gasteiger partial charge in [0, 0.05) is 21.5 Å². The van der Waals surface area contributed by atoms with E-state index in [2.05, 4.69) is 16.6 Å². The van der Waals surface area contributed by atoms with Gasteiger partial charge in [0.05, 0.1) is 12.3 Å². The lowest BCUT2D eigenvalue weighted by Gasteiger charge is -2.13. The lowest BCUT2D eigenvalue weighted by atomic mass is 10.1. The summed E-state index contributed by atoms with van der Waals surface area (Å²) < 4.78 is 30.3. The Morgan fingerprint density at radius 3 is 2.62 bits per heavy atom. The molecule has 178 valence electrons. The number of amides is 1. The van der Waals surface area contributed by atoms with Crippen molar-refractivity contribution in [2.75, 3.05) is 0 Å². The van der Waals surface area contributed by atoms with Crippen LogP contribution in [-0.4, -0.2) is 23.9 Å². The van der Waals surface area contributed by atoms with Crippen LogP contribution in [0.1, 0.15) is 47.2 Å². The monoisotopic (exact) mass is 535 g/mol. The molecule has 4 rings (SSSR count). The third kappa shape index (κ3) is 5.46. The molecule has 6 nitrogen and oxygen atoms in total. The van der Waals surface area contributed by atoms with E-state index in [-0.39, 0.29) is 16.6 Å². The Kier molecular flexibility index (Phi) is 7.62. The van der Waals surface area contributed by atoms with Crippen molar-refractivity contribution in [2.24, 2.45) is 0 Å². The van der Waals surface area contributed by atoms with E-state index in [0.29, 0.717) is 29.4 Å². The van der Waals surface area contributed by atoms with Gasteiger partial charge in [-0.15, -0.1) is 11.3 Å². The molecular formula is C24H23Cl2N3O3S2. The number of thiophene rings is 1. The van der Waals surface area contributed by atoms with Crippen molar-refractivity contribution in [1.29, 1.82) is 0 Å². The number of sulfonamides is 1. The molecule has 0 unspecified atom stereocenters. The highest BCUT2D eigenvalue weighted by Gasteiger charge is 2.26. The summed E-state index contributed by atoms with van der Waals surface area (Å²) in [5.41, 5.74) is 1.51. The number of hydrogen-bond acceptors (Lipinski definition) is 5. The summed E-state index contributed by atoms with van der Waals surface area (Å²) in [6.07, 6.45) is 2.40. The maximum atomic E-state index is 13.2. The maximum Gasteiger partial charge on any atom is 0.284 e. The smallest absolute Gasteiger partial charge is 0.284 e. The lowest BCUT2D eigenvalue weighted by molar-refractivity contribution is 0.0972. The van der Waals surface area contributed by atoms with E-state index in [9.17, 15) is 13.2 Å². The summed E-state index contributed by atoms with van der Waals surface area (Å²) >= 11 is 14.4. The van der Waals surface area contributed by atoms with Crippen LogP contribution in [-0.2, 0) is 28.7 Å². The predicted molar refractivity (Wildman–Crippen MR) is 138 cm³/mol. The normalized spacial score (nSPS) is 11.7. The van der Waals surface area contributed by atoms with Crippen molar-refractivity contribution >= 4 is 60.6 Å². The number of imidazole rings is 1. The molecule has 2 aromatic heterocycles. The van der Waals surface area contributed by atoms with Crippen molar-refractivity contribution in [3.63, 3.8) is 0 Å². The first-order valence-electron chi connectivity index (χ1n) is 10.8. The summed E-state index contributed by atoms with van der Waals surface area (Å²) in [5, 5.41) is 3.49. The molecule has 0 bridgehead atoms. The molecule has 0 fully saturated rings. The van der Waals surface area contributed by atoms with Crippen molar-refractivity contribution < 1.29 is 13.2 Å². The molecule has 0 radical (unpaired) electrons. The Bertz CT molecular complexity index is 1430. The van der Waals surface area contributed by atoms with Gasteiger partial charge < -0.3 is 4.57 Å². The SMILES string of the molecule is CCCCc1nc(Cl)c(C(=O)NS(=O)(=O)Cc2ccccc2)n1Cc1csc2cccc(Cl)c12. The fourth-order valence-electron chi connectivity index (χ4n) is 3.79. The molecule has 0 aliphatic heterocycles. The first-order chi connectivity index (χ1) is 16.3. The Labute approximate surface area is 212 Å². The van der Waals surface area contributed by atoms with Crippen LogP contribution in [0, 0.1) is 0 Å². The van der Waals surface area contributed by atoms with Gasteiger partial charge in [-0.25, -0.2) is 18.1 Å². The van der Waals surface area contributed by atoms with Crippen molar-refractivity contribution in [2.45, 2.75) is 38.5 Å². The molecular weight excluding hydrogens is 513 g/mol. The largest absolute Gasteiger partial charge is 0.318 e. The van der Waals surface area contributed by atoms with Crippen LogP contribution in [0.2, 0.25) is 10.2 Å². The summed E-state index contributed by atoms with van der Waals surface area (Å²) in [4.78, 5) is 17.6. The van der Waals surface area contributed by atoms with Gasteiger partial charge in [0.2, 0.25) is 10.0 Å². The highest BCUT2D eigenvalue weighted by atomic mass is 35.5. The summed E-state index contributed by atoms with van der Waals surface area (Å²) in [6.45, 7) is 2.36. The predicted octanol–water partition coefficient (Wildman–Crippen LogP) is 6.06. The zero-order valence-electron chi connectivity index (χ0n) is 18.4. The molecule has 0 aliphatic carbocycles. The average Bonchev–Trinajstić information content (AvgIpc) is 3.34. The van der Waals surface area contributed by atoms with E-state index in [1.165, 1.54) is 0 Å². The van der Waals surface area contributed by atoms with Crippen LogP contribution in [0.4, 0.5) is 0 Å². The number of nitrogens with one attached hydrogen (secondary N) is 1. The van der Waals surface area contributed by atoms with Gasteiger partial charge in [-0.1, -0.05) is 72.9 Å². The number of hydrogen-bond donors (Lipinski definition) is 1. The van der Waals surface area contributed by atoms with Crippen LogP contribution in [0.5, 0.6) is 0 Å². The van der Waals surface area contributed by atoms with Gasteiger partial charge in [0.15, 0.2) is 5.15 Å². The number of aryl methyl sites for hydroxylation is 1. The van der Waals surface area contributed by atoms with Crippen LogP contribution in [0.3, 0.4) is 0 Å². The van der Waals surface area contributed by atoms with Crippen LogP contribution in [0.25, 0.3) is 10.1 Å². The summed E-state index contributed by atoms with van der Waals surface area (Å²) in [6, 6.07) is 14.4. The number of fused-ring (bicyclic) bond motifs is 1. The first kappa shape index (κ1) is 24.7. The van der Waals surface area contributed by atoms with E-state index >= 15 is 0 Å². The molecule has 34 heavy (non-hydrogen) atoms. The lowest BCUT2D eigenvalue weighted by Crippen LogP contribution is -2.33. The van der Waals surface area contributed by atoms with E-state index in [0.717, 1.165) is 28.5 Å². The minimum absolute atomic E-state index is 0.0239. The topological polar surface area (TPSA) is 81.1 Å². The maximum absolute atomic E-state index is 13.2. The third-order valence-corrected chi connectivity index (χ3v) is 8.16.